The van der Waals surface area contributed by atoms with Gasteiger partial charge in [0.2, 0.25) is 5.91 Å². The summed E-state index contributed by atoms with van der Waals surface area (Å²) in [4.78, 5) is 15.6. The van der Waals surface area contributed by atoms with Crippen molar-refractivity contribution < 1.29 is 10.0 Å². The van der Waals surface area contributed by atoms with Gasteiger partial charge in [-0.05, 0) is 24.5 Å². The smallest absolute Gasteiger partial charge is 0.221 e. The van der Waals surface area contributed by atoms with Gasteiger partial charge >= 0.3 is 0 Å². The number of pyridine rings is 1. The van der Waals surface area contributed by atoms with E-state index >= 15 is 0 Å². The van der Waals surface area contributed by atoms with Gasteiger partial charge in [0.25, 0.3) is 0 Å². The second-order valence-corrected chi connectivity index (χ2v) is 4.76. The van der Waals surface area contributed by atoms with Crippen LogP contribution in [0.5, 0.6) is 0 Å². The number of oxime groups is 1. The highest BCUT2D eigenvalue weighted by Gasteiger charge is 2.22. The number of amidine groups is 1. The van der Waals surface area contributed by atoms with Crippen LogP contribution in [0.1, 0.15) is 30.5 Å². The number of carbonyl (C=O) groups is 1. The fourth-order valence-electron chi connectivity index (χ4n) is 1.81. The van der Waals surface area contributed by atoms with E-state index in [1.165, 1.54) is 0 Å². The van der Waals surface area contributed by atoms with E-state index in [1.54, 1.807) is 12.3 Å². The molecule has 1 aromatic heterocycles. The van der Waals surface area contributed by atoms with Crippen molar-refractivity contribution in [2.24, 2.45) is 10.9 Å². The highest BCUT2D eigenvalue weighted by molar-refractivity contribution is 5.96. The monoisotopic (exact) mass is 277 g/mol. The van der Waals surface area contributed by atoms with E-state index in [2.05, 4.69) is 20.8 Å². The summed E-state index contributed by atoms with van der Waals surface area (Å²) in [7, 11) is 0. The zero-order chi connectivity index (χ0) is 14.4. The van der Waals surface area contributed by atoms with E-state index < -0.39 is 0 Å². The summed E-state index contributed by atoms with van der Waals surface area (Å²) in [5.41, 5.74) is 6.83. The Kier molecular flexibility index (Phi) is 4.89. The largest absolute Gasteiger partial charge is 0.409 e. The van der Waals surface area contributed by atoms with E-state index in [0.717, 1.165) is 18.4 Å². The van der Waals surface area contributed by atoms with Crippen molar-refractivity contribution in [3.8, 4) is 0 Å². The predicted molar refractivity (Wildman–Crippen MR) is 74.2 cm³/mol. The Morgan fingerprint density at radius 3 is 3.05 bits per heavy atom. The lowest BCUT2D eigenvalue weighted by atomic mass is 10.2. The van der Waals surface area contributed by atoms with Gasteiger partial charge in [0.15, 0.2) is 5.84 Å². The van der Waals surface area contributed by atoms with Crippen molar-refractivity contribution in [3.05, 3.63) is 29.6 Å². The minimum Gasteiger partial charge on any atom is -0.409 e. The first-order chi connectivity index (χ1) is 9.70. The molecule has 0 spiro atoms. The first-order valence-electron chi connectivity index (χ1n) is 6.62. The first-order valence-corrected chi connectivity index (χ1v) is 6.62. The van der Waals surface area contributed by atoms with Crippen LogP contribution >= 0.6 is 0 Å². The van der Waals surface area contributed by atoms with Gasteiger partial charge in [0.05, 0.1) is 0 Å². The summed E-state index contributed by atoms with van der Waals surface area (Å²) in [6.45, 7) is 1.08. The topological polar surface area (TPSA) is 113 Å². The van der Waals surface area contributed by atoms with Crippen molar-refractivity contribution in [1.29, 1.82) is 0 Å². The fraction of sp³-hybridized carbons (Fsp3) is 0.462. The van der Waals surface area contributed by atoms with Gasteiger partial charge in [0.1, 0.15) is 5.69 Å². The van der Waals surface area contributed by atoms with E-state index in [-0.39, 0.29) is 11.7 Å². The molecule has 0 aliphatic heterocycles. The van der Waals surface area contributed by atoms with Gasteiger partial charge < -0.3 is 21.6 Å². The molecule has 1 aliphatic rings. The van der Waals surface area contributed by atoms with Gasteiger partial charge in [-0.25, -0.2) is 0 Å². The maximum Gasteiger partial charge on any atom is 0.221 e. The Morgan fingerprint density at radius 1 is 1.55 bits per heavy atom. The molecular weight excluding hydrogens is 258 g/mol. The zero-order valence-electron chi connectivity index (χ0n) is 11.2. The molecule has 7 nitrogen and oxygen atoms in total. The van der Waals surface area contributed by atoms with E-state index in [4.69, 9.17) is 10.9 Å². The lowest BCUT2D eigenvalue weighted by molar-refractivity contribution is -0.121. The molecule has 108 valence electrons. The van der Waals surface area contributed by atoms with Crippen LogP contribution in [0.15, 0.2) is 23.5 Å². The second-order valence-electron chi connectivity index (χ2n) is 4.76. The fourth-order valence-corrected chi connectivity index (χ4v) is 1.81. The Morgan fingerprint density at radius 2 is 2.35 bits per heavy atom. The van der Waals surface area contributed by atoms with Gasteiger partial charge in [-0.15, -0.1) is 0 Å². The van der Waals surface area contributed by atoms with Crippen LogP contribution < -0.4 is 16.4 Å². The molecular formula is C13H19N5O2. The standard InChI is InChI=1S/C13H19N5O2/c14-13(18-20)12-9(2-1-6-16-12)8-15-7-5-11(19)17-10-3-4-10/h1-2,6,10,15,20H,3-5,7-8H2,(H2,14,18)(H,17,19). The number of aromatic nitrogens is 1. The predicted octanol–water partition coefficient (Wildman–Crippen LogP) is -0.0656. The lowest BCUT2D eigenvalue weighted by Crippen LogP contribution is -2.29. The average molecular weight is 277 g/mol. The van der Waals surface area contributed by atoms with E-state index in [0.29, 0.717) is 31.2 Å². The van der Waals surface area contributed by atoms with Crippen LogP contribution in [0, 0.1) is 0 Å². The summed E-state index contributed by atoms with van der Waals surface area (Å²) in [5.74, 6) is 0.0525. The third kappa shape index (κ3) is 4.20. The van der Waals surface area contributed by atoms with Crippen LogP contribution in [0.3, 0.4) is 0 Å². The maximum atomic E-state index is 11.5. The van der Waals surface area contributed by atoms with Crippen molar-refractivity contribution in [3.63, 3.8) is 0 Å². The molecule has 1 heterocycles. The highest BCUT2D eigenvalue weighted by Crippen LogP contribution is 2.18. The number of amides is 1. The molecule has 0 atom stereocenters. The molecule has 1 aromatic rings. The van der Waals surface area contributed by atoms with Crippen molar-refractivity contribution in [2.45, 2.75) is 31.8 Å². The molecule has 7 heteroatoms. The highest BCUT2D eigenvalue weighted by atomic mass is 16.4. The van der Waals surface area contributed by atoms with Gasteiger partial charge in [0, 0.05) is 31.7 Å². The van der Waals surface area contributed by atoms with Crippen molar-refractivity contribution >= 4 is 11.7 Å². The molecule has 20 heavy (non-hydrogen) atoms. The summed E-state index contributed by atoms with van der Waals surface area (Å²) in [6, 6.07) is 4.02. The molecule has 0 bridgehead atoms. The Bertz CT molecular complexity index is 499. The number of nitrogens with two attached hydrogens (primary N) is 1. The number of rotatable bonds is 7. The molecule has 1 amide bonds. The van der Waals surface area contributed by atoms with Crippen LogP contribution in [0.25, 0.3) is 0 Å². The van der Waals surface area contributed by atoms with Crippen LogP contribution in [0.2, 0.25) is 0 Å². The average Bonchev–Trinajstić information content (AvgIpc) is 3.27. The van der Waals surface area contributed by atoms with Crippen molar-refractivity contribution in [2.75, 3.05) is 6.54 Å². The van der Waals surface area contributed by atoms with Gasteiger partial charge in [-0.1, -0.05) is 11.2 Å². The van der Waals surface area contributed by atoms with Crippen LogP contribution in [-0.4, -0.2) is 34.5 Å². The SMILES string of the molecule is NC(=NO)c1ncccc1CNCCC(=O)NC1CC1. The molecule has 1 fully saturated rings. The molecule has 2 rings (SSSR count). The molecule has 1 saturated carbocycles. The van der Waals surface area contributed by atoms with Crippen LogP contribution in [0.4, 0.5) is 0 Å². The quantitative estimate of drug-likeness (QED) is 0.183. The van der Waals surface area contributed by atoms with E-state index in [9.17, 15) is 4.79 Å². The Balaban J connectivity index is 1.77. The lowest BCUT2D eigenvalue weighted by Gasteiger charge is -2.08. The maximum absolute atomic E-state index is 11.5. The molecule has 0 aromatic carbocycles. The van der Waals surface area contributed by atoms with Crippen LogP contribution in [-0.2, 0) is 11.3 Å². The van der Waals surface area contributed by atoms with Gasteiger partial charge in [-0.2, -0.15) is 0 Å². The summed E-state index contributed by atoms with van der Waals surface area (Å²) in [6.07, 6.45) is 4.21. The molecule has 5 N–H and O–H groups in total. The molecule has 1 aliphatic carbocycles. The first kappa shape index (κ1) is 14.3. The van der Waals surface area contributed by atoms with Gasteiger partial charge in [-0.3, -0.25) is 9.78 Å². The molecule has 0 radical (unpaired) electrons. The summed E-state index contributed by atoms with van der Waals surface area (Å²) in [5, 5.41) is 17.7. The normalized spacial score (nSPS) is 15.1. The number of nitrogens with one attached hydrogen (secondary N) is 2. The minimum atomic E-state index is -0.0196. The number of hydrogen-bond donors (Lipinski definition) is 4. The van der Waals surface area contributed by atoms with Crippen molar-refractivity contribution in [1.82, 2.24) is 15.6 Å². The second kappa shape index (κ2) is 6.85. The summed E-state index contributed by atoms with van der Waals surface area (Å²) >= 11 is 0. The third-order valence-corrected chi connectivity index (χ3v) is 3.03. The Labute approximate surface area is 117 Å². The Hall–Kier alpha value is -2.15. The number of hydrogen-bond acceptors (Lipinski definition) is 5. The third-order valence-electron chi connectivity index (χ3n) is 3.03. The molecule has 0 saturated heterocycles. The number of nitrogens with zero attached hydrogens (tertiary/aromatic N) is 2. The summed E-state index contributed by atoms with van der Waals surface area (Å²) < 4.78 is 0. The number of carbonyl (C=O) groups excluding carboxylic acids is 1. The zero-order valence-corrected chi connectivity index (χ0v) is 11.2. The van der Waals surface area contributed by atoms with E-state index in [1.807, 2.05) is 6.07 Å². The minimum absolute atomic E-state index is 0.0196. The molecule has 0 unspecified atom stereocenters.